The van der Waals surface area contributed by atoms with Crippen molar-refractivity contribution in [3.63, 3.8) is 0 Å². The molecule has 0 atom stereocenters. The molecule has 0 bridgehead atoms. The Morgan fingerprint density at radius 3 is 0.921 bits per heavy atom. The number of ether oxygens (including phenoxy) is 1. The molecule has 7 N–H and O–H groups in total. The van der Waals surface area contributed by atoms with Crippen LogP contribution in [0.25, 0.3) is 0 Å². The molecule has 6 aliphatic heterocycles. The van der Waals surface area contributed by atoms with Gasteiger partial charge in [-0.1, -0.05) is 171 Å². The Labute approximate surface area is 386 Å². The Morgan fingerprint density at radius 1 is 0.429 bits per heavy atom. The van der Waals surface area contributed by atoms with Gasteiger partial charge in [-0.25, -0.2) is 14.4 Å². The zero-order valence-corrected chi connectivity index (χ0v) is 44.8. The van der Waals surface area contributed by atoms with Crippen LogP contribution in [0.5, 0.6) is 0 Å². The summed E-state index contributed by atoms with van der Waals surface area (Å²) in [6.45, 7) is 51.7. The second kappa shape index (κ2) is 101. The highest BCUT2D eigenvalue weighted by Gasteiger charge is 2.16. The van der Waals surface area contributed by atoms with Crippen LogP contribution in [0.3, 0.4) is 0 Å². The number of oxime groups is 1. The molecule has 6 rings (SSSR count). The van der Waals surface area contributed by atoms with Crippen LogP contribution in [0, 0.1) is 0 Å². The molecule has 63 heavy (non-hydrogen) atoms. The normalized spacial score (nSPS) is 13.1. The fourth-order valence-corrected chi connectivity index (χ4v) is 2.40. The molecule has 6 aliphatic rings. The van der Waals surface area contributed by atoms with Crippen LogP contribution in [0.15, 0.2) is 17.3 Å². The van der Waals surface area contributed by atoms with Gasteiger partial charge < -0.3 is 30.8 Å². The Morgan fingerprint density at radius 2 is 0.825 bits per heavy atom. The first kappa shape index (κ1) is 89.0. The quantitative estimate of drug-likeness (QED) is 0.0895. The smallest absolute Gasteiger partial charge is 0.407 e. The van der Waals surface area contributed by atoms with Gasteiger partial charge in [0.15, 0.2) is 0 Å². The van der Waals surface area contributed by atoms with Crippen molar-refractivity contribution in [1.29, 1.82) is 0 Å². The molecule has 0 radical (unpaired) electrons. The molecule has 0 spiro atoms. The minimum Gasteiger partial charge on any atom is -0.448 e. The highest BCUT2D eigenvalue weighted by Crippen LogP contribution is 1.96. The zero-order valence-electron chi connectivity index (χ0n) is 44.8. The number of hydrogen-bond acceptors (Lipinski definition) is 11. The third kappa shape index (κ3) is 97.7. The van der Waals surface area contributed by atoms with E-state index in [9.17, 15) is 38.4 Å². The van der Waals surface area contributed by atoms with Crippen molar-refractivity contribution in [2.24, 2.45) is 5.16 Å². The second-order valence-corrected chi connectivity index (χ2v) is 7.40. The van der Waals surface area contributed by atoms with E-state index < -0.39 is 6.03 Å². The molecule has 4 fully saturated rings. The lowest BCUT2D eigenvalue weighted by Gasteiger charge is -1.99. The number of urea groups is 2. The van der Waals surface area contributed by atoms with E-state index in [-0.39, 0.29) is 48.2 Å². The average Bonchev–Trinajstić information content (AvgIpc) is 4.27. The fraction of sp³-hybridized carbons (Fsp3) is 0.756. The molecule has 6 heterocycles. The van der Waals surface area contributed by atoms with E-state index in [1.54, 1.807) is 6.21 Å². The Hall–Kier alpha value is -5.03. The number of nitrogens with zero attached hydrogens (tertiary/aromatic N) is 1. The first-order chi connectivity index (χ1) is 30.7. The number of carbonyl (C=O) groups is 8. The topological polar surface area (TPSA) is 252 Å². The van der Waals surface area contributed by atoms with Crippen molar-refractivity contribution in [2.45, 2.75) is 192 Å². The van der Waals surface area contributed by atoms with E-state index in [4.69, 9.17) is 0 Å². The number of cyclic esters (lactones) is 1. The molecule has 0 aromatic heterocycles. The summed E-state index contributed by atoms with van der Waals surface area (Å²) in [7, 11) is 0. The van der Waals surface area contributed by atoms with Crippen molar-refractivity contribution in [3.8, 4) is 0 Å². The van der Waals surface area contributed by atoms with Gasteiger partial charge in [-0.2, -0.15) is 0 Å². The van der Waals surface area contributed by atoms with Crippen molar-refractivity contribution >= 4 is 53.9 Å². The number of hydrogen-bond donors (Lipinski definition) is 7. The Kier molecular flexibility index (Phi) is 143. The lowest BCUT2D eigenvalue weighted by molar-refractivity contribution is -0.125. The molecule has 10 amide bonds. The summed E-state index contributed by atoms with van der Waals surface area (Å²) >= 11 is 0. The average molecular weight is 915 g/mol. The van der Waals surface area contributed by atoms with Crippen molar-refractivity contribution < 1.29 is 47.9 Å². The minimum absolute atomic E-state index is 0.0463. The molecule has 18 heteroatoms. The number of imide groups is 3. The number of amides is 10. The monoisotopic (exact) mass is 915 g/mol. The van der Waals surface area contributed by atoms with Gasteiger partial charge in [0, 0.05) is 44.3 Å². The molecule has 0 aromatic carbocycles. The van der Waals surface area contributed by atoms with Gasteiger partial charge in [0.1, 0.15) is 13.2 Å². The van der Waals surface area contributed by atoms with Gasteiger partial charge in [-0.15, -0.1) is 0 Å². The molecule has 0 aromatic rings. The maximum atomic E-state index is 10.1. The standard InChI is InChI=1S/C4H5NO2.C4H3NO2.C4H7NO.C3H4N2O2.C3H6N2O.C3H5NO2.12C2H6/c2*6-3-1-2-4(7)5-3;1-2-4-6-5-3-1;6-2-1-4-3(7)5-2;6-3-4-1-2-5-3;5-3-4-1-2-6-3;12*1-2/h1-2H2,(H,5,6,7);1-2H,(H,5,6,7);3H,1-2,4H2;1H2,(H2,4,5,6,7);1-2H2,(H2,4,5,6);1-2H2,(H,4,5);12*1-2H3. The van der Waals surface area contributed by atoms with E-state index >= 15 is 0 Å². The summed E-state index contributed by atoms with van der Waals surface area (Å²) in [5.74, 6) is -1.21. The van der Waals surface area contributed by atoms with Crippen LogP contribution < -0.4 is 37.2 Å². The summed E-state index contributed by atoms with van der Waals surface area (Å²) in [6, 6.07) is -0.444. The molecular weight excluding hydrogens is 813 g/mol. The summed E-state index contributed by atoms with van der Waals surface area (Å²) in [6.07, 6.45) is 6.85. The maximum Gasteiger partial charge on any atom is 0.407 e. The molecule has 0 unspecified atom stereocenters. The van der Waals surface area contributed by atoms with E-state index in [1.807, 2.05) is 177 Å². The van der Waals surface area contributed by atoms with Gasteiger partial charge in [0.05, 0.1) is 13.1 Å². The molecule has 4 saturated heterocycles. The lowest BCUT2D eigenvalue weighted by atomic mass is 10.3. The Bertz CT molecular complexity index is 879. The third-order valence-electron chi connectivity index (χ3n) is 4.17. The minimum atomic E-state index is -0.398. The summed E-state index contributed by atoms with van der Waals surface area (Å²) in [5.41, 5.74) is 0. The largest absolute Gasteiger partial charge is 0.448 e. The third-order valence-corrected chi connectivity index (χ3v) is 4.17. The fourth-order valence-electron chi connectivity index (χ4n) is 2.40. The van der Waals surface area contributed by atoms with Crippen LogP contribution in [-0.4, -0.2) is 93.3 Å². The van der Waals surface area contributed by atoms with Gasteiger partial charge in [0.2, 0.25) is 17.7 Å². The van der Waals surface area contributed by atoms with E-state index in [0.29, 0.717) is 26.0 Å². The lowest BCUT2D eigenvalue weighted by Crippen LogP contribution is -2.22. The van der Waals surface area contributed by atoms with Crippen LogP contribution >= 0.6 is 0 Å². The van der Waals surface area contributed by atoms with E-state index in [1.165, 1.54) is 12.2 Å². The Balaban J connectivity index is -0.0000000453. The van der Waals surface area contributed by atoms with Gasteiger partial charge in [-0.05, 0) is 12.8 Å². The summed E-state index contributed by atoms with van der Waals surface area (Å²) in [5, 5.41) is 19.6. The highest BCUT2D eigenvalue weighted by molar-refractivity contribution is 6.12. The SMILES string of the molecule is C1=NOCCC1.CC.CC.CC.CC.CC.CC.CC.CC.CC.CC.CC.CC.O=C1C=CC(=O)N1.O=C1CCC(=O)N1.O=C1CNC(=O)N1.O=C1NCCN1.O=C1NCCO1. The summed E-state index contributed by atoms with van der Waals surface area (Å²) < 4.78 is 4.40. The van der Waals surface area contributed by atoms with Crippen molar-refractivity contribution in [2.75, 3.05) is 39.4 Å². The van der Waals surface area contributed by atoms with Gasteiger partial charge in [0.25, 0.3) is 11.8 Å². The van der Waals surface area contributed by atoms with Crippen LogP contribution in [-0.2, 0) is 33.5 Å². The van der Waals surface area contributed by atoms with Gasteiger partial charge in [-0.3, -0.25) is 39.9 Å². The molecule has 18 nitrogen and oxygen atoms in total. The van der Waals surface area contributed by atoms with E-state index in [0.717, 1.165) is 32.5 Å². The van der Waals surface area contributed by atoms with Crippen molar-refractivity contribution in [3.05, 3.63) is 12.2 Å². The molecule has 0 aliphatic carbocycles. The number of carbonyl (C=O) groups excluding carboxylic acids is 8. The van der Waals surface area contributed by atoms with Crippen LogP contribution in [0.1, 0.15) is 192 Å². The highest BCUT2D eigenvalue weighted by atomic mass is 16.6. The molecular formula is C45H102N8O10. The molecule has 0 saturated carbocycles. The van der Waals surface area contributed by atoms with Crippen LogP contribution in [0.4, 0.5) is 14.4 Å². The second-order valence-electron chi connectivity index (χ2n) is 7.40. The van der Waals surface area contributed by atoms with Crippen molar-refractivity contribution in [1.82, 2.24) is 37.2 Å². The number of nitrogens with one attached hydrogen (secondary N) is 7. The molecule has 382 valence electrons. The summed E-state index contributed by atoms with van der Waals surface area (Å²) in [4.78, 5) is 85.0. The van der Waals surface area contributed by atoms with E-state index in [2.05, 4.69) is 41.3 Å². The predicted octanol–water partition coefficient (Wildman–Crippen LogP) is 9.57. The number of rotatable bonds is 0. The van der Waals surface area contributed by atoms with Crippen LogP contribution in [0.2, 0.25) is 0 Å². The zero-order chi connectivity index (χ0) is 52.9. The first-order valence-corrected chi connectivity index (χ1v) is 23.6. The first-order valence-electron chi connectivity index (χ1n) is 23.6. The van der Waals surface area contributed by atoms with Gasteiger partial charge >= 0.3 is 18.2 Å². The number of alkyl carbamates (subject to hydrolysis) is 1. The predicted molar refractivity (Wildman–Crippen MR) is 267 cm³/mol. The maximum absolute atomic E-state index is 10.1.